The fourth-order valence-corrected chi connectivity index (χ4v) is 2.31. The number of methoxy groups -OCH3 is 2. The molecule has 0 saturated carbocycles. The SMILES string of the molecule is COC(=O)c1cccc(NC(=O)CNCCc2cccc(OC)c2)c1. The second kappa shape index (κ2) is 9.44. The molecule has 0 aliphatic heterocycles. The normalized spacial score (nSPS) is 10.2. The lowest BCUT2D eigenvalue weighted by Crippen LogP contribution is -2.29. The predicted octanol–water partition coefficient (Wildman–Crippen LogP) is 2.25. The van der Waals surface area contributed by atoms with Crippen LogP contribution in [0, 0.1) is 0 Å². The van der Waals surface area contributed by atoms with Gasteiger partial charge < -0.3 is 20.1 Å². The lowest BCUT2D eigenvalue weighted by Gasteiger charge is -2.08. The molecule has 0 atom stereocenters. The zero-order chi connectivity index (χ0) is 18.1. The van der Waals surface area contributed by atoms with Gasteiger partial charge in [0.15, 0.2) is 0 Å². The summed E-state index contributed by atoms with van der Waals surface area (Å²) in [4.78, 5) is 23.5. The van der Waals surface area contributed by atoms with Gasteiger partial charge in [0.25, 0.3) is 0 Å². The van der Waals surface area contributed by atoms with Crippen LogP contribution in [0.5, 0.6) is 5.75 Å². The van der Waals surface area contributed by atoms with E-state index >= 15 is 0 Å². The molecule has 0 aliphatic rings. The van der Waals surface area contributed by atoms with Crippen LogP contribution in [0.4, 0.5) is 5.69 Å². The fraction of sp³-hybridized carbons (Fsp3) is 0.263. The van der Waals surface area contributed by atoms with Gasteiger partial charge in [-0.3, -0.25) is 4.79 Å². The van der Waals surface area contributed by atoms with E-state index in [4.69, 9.17) is 4.74 Å². The van der Waals surface area contributed by atoms with Crippen molar-refractivity contribution >= 4 is 17.6 Å². The number of anilines is 1. The van der Waals surface area contributed by atoms with Crippen LogP contribution in [0.25, 0.3) is 0 Å². The third-order valence-electron chi connectivity index (χ3n) is 3.58. The highest BCUT2D eigenvalue weighted by atomic mass is 16.5. The third-order valence-corrected chi connectivity index (χ3v) is 3.58. The van der Waals surface area contributed by atoms with E-state index in [1.54, 1.807) is 31.4 Å². The number of rotatable bonds is 8. The van der Waals surface area contributed by atoms with E-state index in [-0.39, 0.29) is 12.5 Å². The Bertz CT molecular complexity index is 731. The quantitative estimate of drug-likeness (QED) is 0.568. The van der Waals surface area contributed by atoms with E-state index in [0.717, 1.165) is 17.7 Å². The molecule has 2 aromatic carbocycles. The van der Waals surface area contributed by atoms with Crippen molar-refractivity contribution in [1.82, 2.24) is 5.32 Å². The van der Waals surface area contributed by atoms with Crippen molar-refractivity contribution in [2.45, 2.75) is 6.42 Å². The van der Waals surface area contributed by atoms with E-state index in [1.165, 1.54) is 7.11 Å². The molecular weight excluding hydrogens is 320 g/mol. The number of esters is 1. The van der Waals surface area contributed by atoms with Gasteiger partial charge >= 0.3 is 5.97 Å². The second-order valence-electron chi connectivity index (χ2n) is 5.40. The first-order valence-electron chi connectivity index (χ1n) is 7.94. The predicted molar refractivity (Wildman–Crippen MR) is 96.0 cm³/mol. The second-order valence-corrected chi connectivity index (χ2v) is 5.40. The average Bonchev–Trinajstić information content (AvgIpc) is 2.65. The number of hydrogen-bond acceptors (Lipinski definition) is 5. The van der Waals surface area contributed by atoms with Crippen molar-refractivity contribution < 1.29 is 19.1 Å². The highest BCUT2D eigenvalue weighted by Crippen LogP contribution is 2.13. The highest BCUT2D eigenvalue weighted by Gasteiger charge is 2.07. The van der Waals surface area contributed by atoms with Crippen molar-refractivity contribution in [3.8, 4) is 5.75 Å². The molecule has 0 saturated heterocycles. The highest BCUT2D eigenvalue weighted by molar-refractivity contribution is 5.95. The van der Waals surface area contributed by atoms with Gasteiger partial charge in [0.2, 0.25) is 5.91 Å². The van der Waals surface area contributed by atoms with Crippen LogP contribution < -0.4 is 15.4 Å². The number of nitrogens with one attached hydrogen (secondary N) is 2. The lowest BCUT2D eigenvalue weighted by molar-refractivity contribution is -0.115. The van der Waals surface area contributed by atoms with Crippen molar-refractivity contribution in [3.05, 3.63) is 59.7 Å². The van der Waals surface area contributed by atoms with E-state index in [0.29, 0.717) is 17.8 Å². The maximum atomic E-state index is 12.0. The molecule has 0 aromatic heterocycles. The number of amides is 1. The van der Waals surface area contributed by atoms with Crippen LogP contribution >= 0.6 is 0 Å². The minimum atomic E-state index is -0.437. The molecule has 6 nitrogen and oxygen atoms in total. The molecule has 2 rings (SSSR count). The Balaban J connectivity index is 1.76. The molecule has 0 bridgehead atoms. The van der Waals surface area contributed by atoms with Crippen molar-refractivity contribution in [3.63, 3.8) is 0 Å². The molecular formula is C19H22N2O4. The first-order chi connectivity index (χ1) is 12.1. The third kappa shape index (κ3) is 5.93. The largest absolute Gasteiger partial charge is 0.497 e. The summed E-state index contributed by atoms with van der Waals surface area (Å²) in [5.41, 5.74) is 2.09. The van der Waals surface area contributed by atoms with E-state index in [2.05, 4.69) is 15.4 Å². The summed E-state index contributed by atoms with van der Waals surface area (Å²) >= 11 is 0. The van der Waals surface area contributed by atoms with Gasteiger partial charge in [-0.1, -0.05) is 18.2 Å². The van der Waals surface area contributed by atoms with Crippen LogP contribution in [0.15, 0.2) is 48.5 Å². The first-order valence-corrected chi connectivity index (χ1v) is 7.94. The van der Waals surface area contributed by atoms with Crippen molar-refractivity contribution in [2.75, 3.05) is 32.6 Å². The van der Waals surface area contributed by atoms with Crippen LogP contribution in [-0.4, -0.2) is 39.2 Å². The van der Waals surface area contributed by atoms with Gasteiger partial charge in [-0.05, 0) is 48.9 Å². The molecule has 0 unspecified atom stereocenters. The molecule has 2 N–H and O–H groups in total. The van der Waals surface area contributed by atoms with Crippen molar-refractivity contribution in [2.24, 2.45) is 0 Å². The van der Waals surface area contributed by atoms with E-state index in [1.807, 2.05) is 24.3 Å². The summed E-state index contributed by atoms with van der Waals surface area (Å²) in [6.07, 6.45) is 0.794. The van der Waals surface area contributed by atoms with Gasteiger partial charge in [-0.2, -0.15) is 0 Å². The Kier molecular flexibility index (Phi) is 6.98. The summed E-state index contributed by atoms with van der Waals surface area (Å²) in [7, 11) is 2.96. The topological polar surface area (TPSA) is 76.7 Å². The molecule has 0 aliphatic carbocycles. The molecule has 0 spiro atoms. The number of ether oxygens (including phenoxy) is 2. The van der Waals surface area contributed by atoms with E-state index < -0.39 is 5.97 Å². The van der Waals surface area contributed by atoms with Gasteiger partial charge in [0.05, 0.1) is 26.3 Å². The summed E-state index contributed by atoms with van der Waals surface area (Å²) in [5, 5.41) is 5.84. The summed E-state index contributed by atoms with van der Waals surface area (Å²) < 4.78 is 9.84. The maximum Gasteiger partial charge on any atom is 0.337 e. The molecule has 1 amide bonds. The Hall–Kier alpha value is -2.86. The van der Waals surface area contributed by atoms with Crippen molar-refractivity contribution in [1.29, 1.82) is 0 Å². The van der Waals surface area contributed by atoms with Crippen LogP contribution in [-0.2, 0) is 16.0 Å². The minimum absolute atomic E-state index is 0.173. The molecule has 25 heavy (non-hydrogen) atoms. The van der Waals surface area contributed by atoms with Crippen LogP contribution in [0.2, 0.25) is 0 Å². The Labute approximate surface area is 147 Å². The minimum Gasteiger partial charge on any atom is -0.497 e. The summed E-state index contributed by atoms with van der Waals surface area (Å²) in [6, 6.07) is 14.5. The zero-order valence-corrected chi connectivity index (χ0v) is 14.4. The first kappa shape index (κ1) is 18.5. The van der Waals surface area contributed by atoms with Gasteiger partial charge in [-0.15, -0.1) is 0 Å². The summed E-state index contributed by atoms with van der Waals surface area (Å²) in [6.45, 7) is 0.856. The Morgan fingerprint density at radius 2 is 1.84 bits per heavy atom. The standard InChI is InChI=1S/C19H22N2O4/c1-24-17-8-3-5-14(11-17)9-10-20-13-18(22)21-16-7-4-6-15(12-16)19(23)25-2/h3-8,11-12,20H,9-10,13H2,1-2H3,(H,21,22). The fourth-order valence-electron chi connectivity index (χ4n) is 2.31. The van der Waals surface area contributed by atoms with Crippen LogP contribution in [0.3, 0.4) is 0 Å². The number of benzene rings is 2. The Morgan fingerprint density at radius 1 is 1.04 bits per heavy atom. The number of hydrogen-bond donors (Lipinski definition) is 2. The average molecular weight is 342 g/mol. The van der Waals surface area contributed by atoms with Gasteiger partial charge in [0, 0.05) is 5.69 Å². The molecule has 0 radical (unpaired) electrons. The lowest BCUT2D eigenvalue weighted by atomic mass is 10.1. The zero-order valence-electron chi connectivity index (χ0n) is 14.4. The molecule has 2 aromatic rings. The van der Waals surface area contributed by atoms with Crippen LogP contribution in [0.1, 0.15) is 15.9 Å². The molecule has 0 heterocycles. The number of carbonyl (C=O) groups excluding carboxylic acids is 2. The van der Waals surface area contributed by atoms with Gasteiger partial charge in [0.1, 0.15) is 5.75 Å². The Morgan fingerprint density at radius 3 is 2.60 bits per heavy atom. The maximum absolute atomic E-state index is 12.0. The molecule has 6 heteroatoms. The monoisotopic (exact) mass is 342 g/mol. The van der Waals surface area contributed by atoms with Gasteiger partial charge in [-0.25, -0.2) is 4.79 Å². The number of carbonyl (C=O) groups is 2. The molecule has 0 fully saturated rings. The molecule has 132 valence electrons. The van der Waals surface area contributed by atoms with E-state index in [9.17, 15) is 9.59 Å². The summed E-state index contributed by atoms with van der Waals surface area (Å²) in [5.74, 6) is 0.209. The smallest absolute Gasteiger partial charge is 0.337 e.